The second-order valence-corrected chi connectivity index (χ2v) is 3.92. The number of benzene rings is 2. The fourth-order valence-electron chi connectivity index (χ4n) is 2.30. The minimum atomic E-state index is 0.864. The highest BCUT2D eigenvalue weighted by molar-refractivity contribution is 5.67. The van der Waals surface area contributed by atoms with Gasteiger partial charge in [0.2, 0.25) is 0 Å². The molecule has 74 valence electrons. The maximum atomic E-state index is 4.08. The number of hydrogen-bond donors (Lipinski definition) is 0. The Morgan fingerprint density at radius 1 is 0.875 bits per heavy atom. The Balaban J connectivity index is 2.35. The molecular formula is C13H7N3. The molecule has 2 aromatic carbocycles. The molecule has 0 amide bonds. The van der Waals surface area contributed by atoms with E-state index in [0.717, 1.165) is 16.6 Å². The predicted octanol–water partition coefficient (Wildman–Crippen LogP) is 1.75. The van der Waals surface area contributed by atoms with E-state index in [4.69, 9.17) is 0 Å². The summed E-state index contributed by atoms with van der Waals surface area (Å²) in [6.45, 7) is 0. The number of hydrogen-bond acceptors (Lipinski definition) is 3. The maximum Gasteiger partial charge on any atom is 0.123 e. The summed E-state index contributed by atoms with van der Waals surface area (Å²) in [5, 5.41) is 16.4. The molecule has 0 radical (unpaired) electrons. The van der Waals surface area contributed by atoms with Crippen molar-refractivity contribution in [1.82, 2.24) is 0 Å². The molecule has 0 spiro atoms. The first-order valence-corrected chi connectivity index (χ1v) is 5.16. The van der Waals surface area contributed by atoms with E-state index in [0.29, 0.717) is 0 Å². The maximum absolute atomic E-state index is 4.08. The van der Waals surface area contributed by atoms with Gasteiger partial charge in [0, 0.05) is 5.56 Å². The van der Waals surface area contributed by atoms with Crippen LogP contribution in [0.1, 0.15) is 5.56 Å². The molecule has 4 rings (SSSR count). The Labute approximate surface area is 90.8 Å². The van der Waals surface area contributed by atoms with Gasteiger partial charge in [-0.25, -0.2) is 0 Å². The van der Waals surface area contributed by atoms with Crippen LogP contribution in [0.25, 0.3) is 6.08 Å². The molecule has 2 aromatic rings. The third-order valence-electron chi connectivity index (χ3n) is 3.04. The van der Waals surface area contributed by atoms with Gasteiger partial charge in [-0.15, -0.1) is 10.2 Å². The summed E-state index contributed by atoms with van der Waals surface area (Å²) in [6.07, 6.45) is 2.16. The van der Waals surface area contributed by atoms with Crippen LogP contribution in [0.2, 0.25) is 0 Å². The first-order valence-electron chi connectivity index (χ1n) is 5.16. The van der Waals surface area contributed by atoms with Gasteiger partial charge in [-0.3, -0.25) is 0 Å². The van der Waals surface area contributed by atoms with Crippen molar-refractivity contribution in [2.75, 3.05) is 0 Å². The van der Waals surface area contributed by atoms with Crippen molar-refractivity contribution >= 4 is 11.8 Å². The van der Waals surface area contributed by atoms with Crippen molar-refractivity contribution in [2.45, 2.75) is 0 Å². The Kier molecular flexibility index (Phi) is 1.31. The Morgan fingerprint density at radius 2 is 1.81 bits per heavy atom. The predicted molar refractivity (Wildman–Crippen MR) is 59.4 cm³/mol. The molecule has 0 saturated carbocycles. The Bertz CT molecular complexity index is 848. The summed E-state index contributed by atoms with van der Waals surface area (Å²) in [5.74, 6) is 0. The monoisotopic (exact) mass is 205 g/mol. The van der Waals surface area contributed by atoms with E-state index >= 15 is 0 Å². The van der Waals surface area contributed by atoms with Gasteiger partial charge in [0.05, 0.1) is 0 Å². The Morgan fingerprint density at radius 3 is 2.81 bits per heavy atom. The van der Waals surface area contributed by atoms with Gasteiger partial charge in [-0.2, -0.15) is 0 Å². The smallest absolute Gasteiger partial charge is 0.123 e. The van der Waals surface area contributed by atoms with Gasteiger partial charge in [0.25, 0.3) is 0 Å². The molecule has 2 aliphatic rings. The topological polar surface area (TPSA) is 37.1 Å². The normalized spacial score (nSPS) is 13.8. The molecule has 0 bridgehead atoms. The molecule has 3 nitrogen and oxygen atoms in total. The molecule has 3 heteroatoms. The summed E-state index contributed by atoms with van der Waals surface area (Å²) < 4.78 is 0. The number of nitrogens with zero attached hydrogens (tertiary/aromatic N) is 3. The van der Waals surface area contributed by atoms with Crippen molar-refractivity contribution in [2.24, 2.45) is 15.4 Å². The highest BCUT2D eigenvalue weighted by atomic mass is 15.4. The van der Waals surface area contributed by atoms with E-state index in [1.807, 2.05) is 12.1 Å². The van der Waals surface area contributed by atoms with Crippen LogP contribution in [0.4, 0.5) is 5.69 Å². The van der Waals surface area contributed by atoms with Crippen LogP contribution in [0.5, 0.6) is 0 Å². The second kappa shape index (κ2) is 2.64. The highest BCUT2D eigenvalue weighted by Crippen LogP contribution is 2.22. The average molecular weight is 205 g/mol. The second-order valence-electron chi connectivity index (χ2n) is 3.92. The fraction of sp³-hybridized carbons (Fsp3) is 0. The van der Waals surface area contributed by atoms with Crippen molar-refractivity contribution in [3.63, 3.8) is 0 Å². The van der Waals surface area contributed by atoms with Crippen LogP contribution in [-0.2, 0) is 0 Å². The van der Waals surface area contributed by atoms with Crippen LogP contribution in [0, 0.1) is 10.4 Å². The first kappa shape index (κ1) is 7.93. The molecule has 0 unspecified atom stereocenters. The highest BCUT2D eigenvalue weighted by Gasteiger charge is 2.11. The van der Waals surface area contributed by atoms with Crippen LogP contribution in [0.3, 0.4) is 0 Å². The summed E-state index contributed by atoms with van der Waals surface area (Å²) >= 11 is 0. The molecule has 0 fully saturated rings. The standard InChI is InChI=1S/C13H7N3/c1-2-4-9-8(3-1)7-11-10(9)5-6-12-13(11)15-16-14-12/h1-7H. The van der Waals surface area contributed by atoms with Gasteiger partial charge < -0.3 is 0 Å². The van der Waals surface area contributed by atoms with E-state index in [1.54, 1.807) is 0 Å². The molecule has 1 aliphatic carbocycles. The largest absolute Gasteiger partial charge is 0.128 e. The van der Waals surface area contributed by atoms with Crippen LogP contribution >= 0.6 is 0 Å². The molecule has 0 atom stereocenters. The van der Waals surface area contributed by atoms with Crippen molar-refractivity contribution < 1.29 is 0 Å². The lowest BCUT2D eigenvalue weighted by molar-refractivity contribution is 1.08. The fourth-order valence-corrected chi connectivity index (χ4v) is 2.30. The van der Waals surface area contributed by atoms with Gasteiger partial charge >= 0.3 is 0 Å². The van der Waals surface area contributed by atoms with E-state index in [2.05, 4.69) is 45.8 Å². The molecule has 0 N–H and O–H groups in total. The number of fused-ring (bicyclic) bond motifs is 4. The lowest BCUT2D eigenvalue weighted by atomic mass is 10.1. The summed E-state index contributed by atoms with van der Waals surface area (Å²) in [4.78, 5) is 0. The zero-order valence-corrected chi connectivity index (χ0v) is 8.38. The minimum absolute atomic E-state index is 0.864. The molecular weight excluding hydrogens is 198 g/mol. The summed E-state index contributed by atoms with van der Waals surface area (Å²) in [5.41, 5.74) is 2.04. The number of rotatable bonds is 0. The third kappa shape index (κ3) is 0.852. The van der Waals surface area contributed by atoms with Gasteiger partial charge in [-0.05, 0) is 33.0 Å². The Hall–Kier alpha value is -2.29. The quantitative estimate of drug-likeness (QED) is 0.536. The van der Waals surface area contributed by atoms with Gasteiger partial charge in [0.15, 0.2) is 0 Å². The van der Waals surface area contributed by atoms with Crippen molar-refractivity contribution in [3.8, 4) is 0 Å². The van der Waals surface area contributed by atoms with E-state index in [1.165, 1.54) is 15.7 Å². The van der Waals surface area contributed by atoms with Crippen LogP contribution < -0.4 is 10.6 Å². The van der Waals surface area contributed by atoms with E-state index in [-0.39, 0.29) is 0 Å². The van der Waals surface area contributed by atoms with Gasteiger partial charge in [-0.1, -0.05) is 30.3 Å². The minimum Gasteiger partial charge on any atom is -0.128 e. The molecule has 16 heavy (non-hydrogen) atoms. The van der Waals surface area contributed by atoms with Crippen LogP contribution in [0.15, 0.2) is 51.8 Å². The summed E-state index contributed by atoms with van der Waals surface area (Å²) in [7, 11) is 0. The lowest BCUT2D eigenvalue weighted by Crippen LogP contribution is -1.98. The molecule has 1 heterocycles. The zero-order valence-electron chi connectivity index (χ0n) is 8.38. The van der Waals surface area contributed by atoms with Crippen molar-refractivity contribution in [3.05, 3.63) is 63.0 Å². The van der Waals surface area contributed by atoms with Crippen LogP contribution in [-0.4, -0.2) is 0 Å². The van der Waals surface area contributed by atoms with E-state index in [9.17, 15) is 0 Å². The molecule has 1 aliphatic heterocycles. The van der Waals surface area contributed by atoms with Gasteiger partial charge in [0.1, 0.15) is 11.0 Å². The average Bonchev–Trinajstić information content (AvgIpc) is 2.92. The third-order valence-corrected chi connectivity index (χ3v) is 3.04. The first-order chi connectivity index (χ1) is 7.93. The van der Waals surface area contributed by atoms with Crippen molar-refractivity contribution in [1.29, 1.82) is 0 Å². The molecule has 0 aromatic heterocycles. The van der Waals surface area contributed by atoms with E-state index < -0.39 is 0 Å². The summed E-state index contributed by atoms with van der Waals surface area (Å²) in [6, 6.07) is 12.4. The zero-order chi connectivity index (χ0) is 10.5. The lowest BCUT2D eigenvalue weighted by Gasteiger charge is -1.93. The SMILES string of the molecule is C1=c2ccccc2=c2ccc3c(c21)N=NN=3. The molecule has 0 saturated heterocycles.